The minimum atomic E-state index is -0.517. The van der Waals surface area contributed by atoms with Crippen molar-refractivity contribution in [1.82, 2.24) is 5.32 Å². The maximum absolute atomic E-state index is 12.4. The van der Waals surface area contributed by atoms with Crippen LogP contribution < -0.4 is 15.4 Å². The summed E-state index contributed by atoms with van der Waals surface area (Å²) in [7, 11) is 1.35. The lowest BCUT2D eigenvalue weighted by Gasteiger charge is -2.36. The van der Waals surface area contributed by atoms with Crippen LogP contribution in [0.2, 0.25) is 0 Å². The normalized spacial score (nSPS) is 28.1. The Hall–Kier alpha value is -2.32. The van der Waals surface area contributed by atoms with Crippen LogP contribution in [0.4, 0.5) is 10.5 Å². The van der Waals surface area contributed by atoms with Gasteiger partial charge in [-0.05, 0) is 37.5 Å². The fourth-order valence-electron chi connectivity index (χ4n) is 4.84. The molecule has 1 saturated heterocycles. The zero-order valence-electron chi connectivity index (χ0n) is 17.3. The van der Waals surface area contributed by atoms with Gasteiger partial charge in [-0.3, -0.25) is 4.79 Å². The monoisotopic (exact) mass is 418 g/mol. The number of hydrogen-bond donors (Lipinski definition) is 3. The zero-order valence-corrected chi connectivity index (χ0v) is 17.3. The van der Waals surface area contributed by atoms with E-state index in [9.17, 15) is 14.7 Å². The van der Waals surface area contributed by atoms with Crippen LogP contribution in [-0.4, -0.2) is 55.2 Å². The first-order valence-electron chi connectivity index (χ1n) is 10.8. The van der Waals surface area contributed by atoms with E-state index in [2.05, 4.69) is 10.6 Å². The van der Waals surface area contributed by atoms with Crippen molar-refractivity contribution in [2.75, 3.05) is 19.0 Å². The summed E-state index contributed by atoms with van der Waals surface area (Å²) in [6.07, 6.45) is 5.14. The molecule has 2 fully saturated rings. The molecule has 0 aromatic heterocycles. The standard InChI is InChI=1S/C22H30N2O6/c1-28-20(26)11-15-10-17-16-9-14(24-22(27)23-13-5-3-2-4-6-13)7-8-18(16)30-21(17)19(12-25)29-15/h7-9,13,15,17,19,21,25H,2-6,10-12H2,1H3,(H2,23,24,27)/t15-,17-,19+,21+/m1/s1. The van der Waals surface area contributed by atoms with E-state index in [0.717, 1.165) is 37.0 Å². The summed E-state index contributed by atoms with van der Waals surface area (Å²) in [4.78, 5) is 24.1. The molecule has 8 heteroatoms. The molecule has 3 aliphatic rings. The van der Waals surface area contributed by atoms with E-state index in [1.54, 1.807) is 0 Å². The molecule has 0 spiro atoms. The maximum Gasteiger partial charge on any atom is 0.319 e. The number of carbonyl (C=O) groups is 2. The molecular weight excluding hydrogens is 388 g/mol. The Morgan fingerprint density at radius 3 is 2.77 bits per heavy atom. The number of methoxy groups -OCH3 is 1. The predicted molar refractivity (Wildman–Crippen MR) is 110 cm³/mol. The van der Waals surface area contributed by atoms with E-state index >= 15 is 0 Å². The minimum absolute atomic E-state index is 0.0243. The topological polar surface area (TPSA) is 106 Å². The molecule has 4 rings (SSSR count). The Balaban J connectivity index is 1.45. The second-order valence-corrected chi connectivity index (χ2v) is 8.37. The number of amides is 2. The molecule has 0 unspecified atom stereocenters. The molecule has 2 amide bonds. The van der Waals surface area contributed by atoms with Crippen molar-refractivity contribution in [1.29, 1.82) is 0 Å². The molecule has 1 aliphatic carbocycles. The van der Waals surface area contributed by atoms with Gasteiger partial charge in [-0.2, -0.15) is 0 Å². The molecule has 0 radical (unpaired) electrons. The summed E-state index contributed by atoms with van der Waals surface area (Å²) in [5.41, 5.74) is 1.66. The highest BCUT2D eigenvalue weighted by Gasteiger charge is 2.46. The fraction of sp³-hybridized carbons (Fsp3) is 0.636. The van der Waals surface area contributed by atoms with E-state index in [-0.39, 0.29) is 49.2 Å². The predicted octanol–water partition coefficient (Wildman–Crippen LogP) is 2.70. The van der Waals surface area contributed by atoms with Gasteiger partial charge in [0.25, 0.3) is 0 Å². The first kappa shape index (κ1) is 20.9. The number of rotatable bonds is 5. The number of urea groups is 1. The van der Waals surface area contributed by atoms with Crippen molar-refractivity contribution in [2.45, 2.75) is 75.2 Å². The highest BCUT2D eigenvalue weighted by atomic mass is 16.6. The van der Waals surface area contributed by atoms with Crippen molar-refractivity contribution < 1.29 is 28.9 Å². The number of nitrogens with one attached hydrogen (secondary N) is 2. The molecule has 164 valence electrons. The SMILES string of the molecule is COC(=O)C[C@H]1C[C@@H]2c3cc(NC(=O)NC4CCCCC4)ccc3O[C@@H]2[C@H](CO)O1. The minimum Gasteiger partial charge on any atom is -0.487 e. The van der Waals surface area contributed by atoms with E-state index in [1.807, 2.05) is 18.2 Å². The Labute approximate surface area is 176 Å². The molecule has 2 heterocycles. The molecule has 2 aliphatic heterocycles. The summed E-state index contributed by atoms with van der Waals surface area (Å²) in [6, 6.07) is 5.63. The summed E-state index contributed by atoms with van der Waals surface area (Å²) in [5.74, 6) is 0.358. The average Bonchev–Trinajstić information content (AvgIpc) is 3.11. The van der Waals surface area contributed by atoms with Gasteiger partial charge in [-0.25, -0.2) is 4.79 Å². The Kier molecular flexibility index (Phi) is 6.43. The maximum atomic E-state index is 12.4. The number of ether oxygens (including phenoxy) is 3. The van der Waals surface area contributed by atoms with Gasteiger partial charge in [0.1, 0.15) is 18.0 Å². The first-order chi connectivity index (χ1) is 14.6. The van der Waals surface area contributed by atoms with Gasteiger partial charge >= 0.3 is 12.0 Å². The summed E-state index contributed by atoms with van der Waals surface area (Å²) < 4.78 is 16.7. The summed E-state index contributed by atoms with van der Waals surface area (Å²) >= 11 is 0. The van der Waals surface area contributed by atoms with Gasteiger partial charge in [-0.1, -0.05) is 19.3 Å². The summed E-state index contributed by atoms with van der Waals surface area (Å²) in [5, 5.41) is 15.8. The van der Waals surface area contributed by atoms with E-state index < -0.39 is 6.10 Å². The largest absolute Gasteiger partial charge is 0.487 e. The number of aliphatic hydroxyl groups is 1. The number of esters is 1. The Morgan fingerprint density at radius 1 is 1.23 bits per heavy atom. The zero-order chi connectivity index (χ0) is 21.1. The van der Waals surface area contributed by atoms with Crippen LogP contribution in [0.1, 0.15) is 56.4 Å². The third-order valence-corrected chi connectivity index (χ3v) is 6.32. The molecule has 4 atom stereocenters. The molecule has 8 nitrogen and oxygen atoms in total. The van der Waals surface area contributed by atoms with Crippen molar-refractivity contribution in [3.63, 3.8) is 0 Å². The number of aliphatic hydroxyl groups excluding tert-OH is 1. The first-order valence-corrected chi connectivity index (χ1v) is 10.8. The highest BCUT2D eigenvalue weighted by Crippen LogP contribution is 2.47. The fourth-order valence-corrected chi connectivity index (χ4v) is 4.84. The van der Waals surface area contributed by atoms with Gasteiger partial charge < -0.3 is 30.0 Å². The number of carbonyl (C=O) groups excluding carboxylic acids is 2. The molecule has 3 N–H and O–H groups in total. The van der Waals surface area contributed by atoms with Crippen LogP contribution in [0, 0.1) is 0 Å². The average molecular weight is 418 g/mol. The van der Waals surface area contributed by atoms with Crippen LogP contribution in [0.3, 0.4) is 0 Å². The van der Waals surface area contributed by atoms with Gasteiger partial charge in [0.2, 0.25) is 0 Å². The number of fused-ring (bicyclic) bond motifs is 3. The van der Waals surface area contributed by atoms with E-state index in [1.165, 1.54) is 13.5 Å². The Bertz CT molecular complexity index is 779. The quantitative estimate of drug-likeness (QED) is 0.635. The van der Waals surface area contributed by atoms with E-state index in [4.69, 9.17) is 14.2 Å². The number of hydrogen-bond acceptors (Lipinski definition) is 6. The number of anilines is 1. The lowest BCUT2D eigenvalue weighted by Crippen LogP contribution is -2.46. The van der Waals surface area contributed by atoms with Crippen molar-refractivity contribution in [2.24, 2.45) is 0 Å². The molecule has 1 aromatic carbocycles. The molecule has 0 bridgehead atoms. The van der Waals surface area contributed by atoms with Crippen LogP contribution >= 0.6 is 0 Å². The summed E-state index contributed by atoms with van der Waals surface area (Å²) in [6.45, 7) is -0.193. The lowest BCUT2D eigenvalue weighted by atomic mass is 9.84. The third kappa shape index (κ3) is 4.54. The van der Waals surface area contributed by atoms with E-state index in [0.29, 0.717) is 12.1 Å². The van der Waals surface area contributed by atoms with Crippen molar-refractivity contribution in [3.8, 4) is 5.75 Å². The third-order valence-electron chi connectivity index (χ3n) is 6.32. The second kappa shape index (κ2) is 9.22. The molecule has 1 saturated carbocycles. The van der Waals surface area contributed by atoms with Crippen LogP contribution in [0.15, 0.2) is 18.2 Å². The lowest BCUT2D eigenvalue weighted by molar-refractivity contribution is -0.156. The van der Waals surface area contributed by atoms with Gasteiger partial charge in [0.05, 0.1) is 26.2 Å². The van der Waals surface area contributed by atoms with Crippen molar-refractivity contribution in [3.05, 3.63) is 23.8 Å². The van der Waals surface area contributed by atoms with Crippen molar-refractivity contribution >= 4 is 17.7 Å². The van der Waals surface area contributed by atoms with Gasteiger partial charge in [0, 0.05) is 23.2 Å². The molecule has 1 aromatic rings. The Morgan fingerprint density at radius 2 is 2.03 bits per heavy atom. The van der Waals surface area contributed by atoms with Gasteiger partial charge in [0.15, 0.2) is 0 Å². The molecular formula is C22H30N2O6. The van der Waals surface area contributed by atoms with Crippen LogP contribution in [-0.2, 0) is 14.3 Å². The number of benzene rings is 1. The van der Waals surface area contributed by atoms with Crippen LogP contribution in [0.25, 0.3) is 0 Å². The van der Waals surface area contributed by atoms with Gasteiger partial charge in [-0.15, -0.1) is 0 Å². The molecule has 30 heavy (non-hydrogen) atoms. The highest BCUT2D eigenvalue weighted by molar-refractivity contribution is 5.89. The smallest absolute Gasteiger partial charge is 0.319 e. The van der Waals surface area contributed by atoms with Crippen LogP contribution in [0.5, 0.6) is 5.75 Å². The second-order valence-electron chi connectivity index (χ2n) is 8.37.